The van der Waals surface area contributed by atoms with E-state index < -0.39 is 35.8 Å². The molecule has 2 saturated heterocycles. The Bertz CT molecular complexity index is 1100. The summed E-state index contributed by atoms with van der Waals surface area (Å²) in [4.78, 5) is 28.3. The van der Waals surface area contributed by atoms with Gasteiger partial charge in [-0.15, -0.1) is 11.8 Å². The van der Waals surface area contributed by atoms with Crippen molar-refractivity contribution in [3.63, 3.8) is 0 Å². The third kappa shape index (κ3) is 5.12. The van der Waals surface area contributed by atoms with Gasteiger partial charge in [0.05, 0.1) is 18.8 Å². The molecule has 2 aromatic carbocycles. The second kappa shape index (κ2) is 10.3. The minimum atomic E-state index is -3.55. The Hall–Kier alpha value is -2.38. The van der Waals surface area contributed by atoms with Crippen LogP contribution in [0.2, 0.25) is 0 Å². The van der Waals surface area contributed by atoms with E-state index in [1.165, 1.54) is 22.5 Å². The monoisotopic (exact) mass is 515 g/mol. The molecule has 2 aliphatic rings. The van der Waals surface area contributed by atoms with Gasteiger partial charge in [-0.2, -0.15) is 0 Å². The summed E-state index contributed by atoms with van der Waals surface area (Å²) in [5.41, 5.74) is 2.03. The van der Waals surface area contributed by atoms with E-state index in [0.717, 1.165) is 11.1 Å². The van der Waals surface area contributed by atoms with Crippen LogP contribution in [0.4, 0.5) is 0 Å². The van der Waals surface area contributed by atoms with E-state index in [-0.39, 0.29) is 19.1 Å². The zero-order valence-electron chi connectivity index (χ0n) is 20.2. The van der Waals surface area contributed by atoms with Crippen LogP contribution >= 0.6 is 19.4 Å². The van der Waals surface area contributed by atoms with Gasteiger partial charge in [-0.05, 0) is 38.8 Å². The van der Waals surface area contributed by atoms with Gasteiger partial charge < -0.3 is 18.7 Å². The van der Waals surface area contributed by atoms with Crippen LogP contribution in [0.1, 0.15) is 44.9 Å². The van der Waals surface area contributed by atoms with E-state index in [4.69, 9.17) is 13.8 Å². The average molecular weight is 516 g/mol. The molecule has 2 heterocycles. The summed E-state index contributed by atoms with van der Waals surface area (Å²) in [6.07, 6.45) is -0.604. The highest BCUT2D eigenvalue weighted by atomic mass is 32.2. The van der Waals surface area contributed by atoms with Crippen LogP contribution in [-0.2, 0) is 27.9 Å². The second-order valence-electron chi connectivity index (χ2n) is 8.79. The maximum absolute atomic E-state index is 13.6. The smallest absolute Gasteiger partial charge is 0.354 e. The molecule has 2 aliphatic heterocycles. The normalized spacial score (nSPS) is 22.3. The summed E-state index contributed by atoms with van der Waals surface area (Å²) < 4.78 is 29.1. The Labute approximate surface area is 210 Å². The van der Waals surface area contributed by atoms with Crippen molar-refractivity contribution < 1.29 is 27.9 Å². The van der Waals surface area contributed by atoms with Crippen molar-refractivity contribution >= 4 is 31.2 Å². The third-order valence-electron chi connectivity index (χ3n) is 5.93. The number of esters is 1. The molecule has 35 heavy (non-hydrogen) atoms. The SMILES string of the molecule is CCOP(=O)(/C=C1/C(=O)N2[C@@H]1SC(C)(C)[C@@H]2C(=O)OC(c1ccccc1)c1ccccc1)OCC. The predicted molar refractivity (Wildman–Crippen MR) is 136 cm³/mol. The number of nitrogens with zero attached hydrogens (tertiary/aromatic N) is 1. The highest BCUT2D eigenvalue weighted by Gasteiger charge is 2.62. The number of benzene rings is 2. The lowest BCUT2D eigenvalue weighted by molar-refractivity contribution is -0.160. The molecule has 0 aliphatic carbocycles. The van der Waals surface area contributed by atoms with Gasteiger partial charge in [0, 0.05) is 10.6 Å². The van der Waals surface area contributed by atoms with Crippen molar-refractivity contribution in [3.05, 3.63) is 83.2 Å². The number of amides is 1. The molecule has 186 valence electrons. The summed E-state index contributed by atoms with van der Waals surface area (Å²) in [5, 5.41) is -0.420. The fourth-order valence-corrected chi connectivity index (χ4v) is 7.61. The standard InChI is InChI=1S/C26H30NO6PS/c1-5-31-34(30,32-6-2)17-20-23(28)27-22(26(3,4)35-24(20)27)25(29)33-21(18-13-9-7-10-14-18)19-15-11-8-12-16-19/h7-17,21-22,24H,5-6H2,1-4H3/b20-17-/t22-,24+/m0/s1. The lowest BCUT2D eigenvalue weighted by Crippen LogP contribution is -2.59. The maximum atomic E-state index is 13.6. The van der Waals surface area contributed by atoms with Crippen molar-refractivity contribution in [2.24, 2.45) is 0 Å². The molecule has 0 N–H and O–H groups in total. The van der Waals surface area contributed by atoms with Gasteiger partial charge in [0.1, 0.15) is 11.4 Å². The van der Waals surface area contributed by atoms with Crippen molar-refractivity contribution in [2.75, 3.05) is 13.2 Å². The van der Waals surface area contributed by atoms with Crippen LogP contribution in [0.25, 0.3) is 0 Å². The largest absolute Gasteiger partial charge is 0.451 e. The molecule has 4 rings (SSSR count). The Balaban J connectivity index is 1.61. The molecular formula is C26H30NO6PS. The van der Waals surface area contributed by atoms with E-state index in [1.54, 1.807) is 13.8 Å². The number of rotatable bonds is 9. The first kappa shape index (κ1) is 25.7. The molecule has 0 radical (unpaired) electrons. The van der Waals surface area contributed by atoms with Crippen molar-refractivity contribution in [1.82, 2.24) is 4.90 Å². The number of thioether (sulfide) groups is 1. The topological polar surface area (TPSA) is 82.1 Å². The fourth-order valence-electron chi connectivity index (χ4n) is 4.43. The van der Waals surface area contributed by atoms with Crippen molar-refractivity contribution in [3.8, 4) is 0 Å². The van der Waals surface area contributed by atoms with E-state index >= 15 is 0 Å². The van der Waals surface area contributed by atoms with Gasteiger partial charge >= 0.3 is 13.6 Å². The highest BCUT2D eigenvalue weighted by Crippen LogP contribution is 2.58. The number of carbonyl (C=O) groups is 2. The summed E-state index contributed by atoms with van der Waals surface area (Å²) in [6, 6.07) is 18.3. The fraction of sp³-hybridized carbons (Fsp3) is 0.385. The molecule has 9 heteroatoms. The van der Waals surface area contributed by atoms with E-state index in [0.29, 0.717) is 5.57 Å². The van der Waals surface area contributed by atoms with Crippen LogP contribution < -0.4 is 0 Å². The first-order chi connectivity index (χ1) is 16.7. The van der Waals surface area contributed by atoms with Crippen LogP contribution in [0.5, 0.6) is 0 Å². The van der Waals surface area contributed by atoms with Crippen LogP contribution in [0.15, 0.2) is 72.1 Å². The third-order valence-corrected chi connectivity index (χ3v) is 9.30. The quantitative estimate of drug-likeness (QED) is 0.188. The Morgan fingerprint density at radius 2 is 1.54 bits per heavy atom. The van der Waals surface area contributed by atoms with Crippen molar-refractivity contribution in [1.29, 1.82) is 0 Å². The molecule has 0 unspecified atom stereocenters. The molecule has 2 aromatic rings. The molecule has 0 spiro atoms. The number of fused-ring (bicyclic) bond motifs is 1. The lowest BCUT2D eigenvalue weighted by atomic mass is 9.96. The molecule has 2 fully saturated rings. The lowest BCUT2D eigenvalue weighted by Gasteiger charge is -2.40. The van der Waals surface area contributed by atoms with Gasteiger partial charge in [-0.25, -0.2) is 4.79 Å². The number of hydrogen-bond acceptors (Lipinski definition) is 7. The molecule has 1 amide bonds. The summed E-state index contributed by atoms with van der Waals surface area (Å²) in [7, 11) is -3.55. The number of ether oxygens (including phenoxy) is 1. The molecule has 7 nitrogen and oxygen atoms in total. The van der Waals surface area contributed by atoms with E-state index in [1.807, 2.05) is 74.5 Å². The molecule has 0 saturated carbocycles. The van der Waals surface area contributed by atoms with Gasteiger partial charge in [0.15, 0.2) is 6.10 Å². The molecule has 0 aromatic heterocycles. The first-order valence-electron chi connectivity index (χ1n) is 11.6. The van der Waals surface area contributed by atoms with Gasteiger partial charge in [0.25, 0.3) is 5.91 Å². The second-order valence-corrected chi connectivity index (χ2v) is 12.4. The maximum Gasteiger partial charge on any atom is 0.354 e. The highest BCUT2D eigenvalue weighted by molar-refractivity contribution is 8.02. The molecule has 0 bridgehead atoms. The summed E-state index contributed by atoms with van der Waals surface area (Å²) in [6.45, 7) is 7.65. The first-order valence-corrected chi connectivity index (χ1v) is 14.1. The Kier molecular flexibility index (Phi) is 7.57. The summed E-state index contributed by atoms with van der Waals surface area (Å²) in [5.74, 6) is 0.482. The predicted octanol–water partition coefficient (Wildman–Crippen LogP) is 5.53. The summed E-state index contributed by atoms with van der Waals surface area (Å²) >= 11 is 1.47. The van der Waals surface area contributed by atoms with Crippen LogP contribution in [-0.4, -0.2) is 46.2 Å². The van der Waals surface area contributed by atoms with E-state index in [2.05, 4.69) is 0 Å². The molecular weight excluding hydrogens is 485 g/mol. The van der Waals surface area contributed by atoms with Crippen LogP contribution in [0, 0.1) is 0 Å². The Morgan fingerprint density at radius 3 is 2.03 bits per heavy atom. The van der Waals surface area contributed by atoms with Crippen molar-refractivity contribution in [2.45, 2.75) is 50.0 Å². The minimum Gasteiger partial charge on any atom is -0.451 e. The number of β-lactam (4-membered cyclic amide) rings is 1. The number of carbonyl (C=O) groups excluding carboxylic acids is 2. The number of hydrogen-bond donors (Lipinski definition) is 0. The zero-order chi connectivity index (χ0) is 25.2. The minimum absolute atomic E-state index is 0.192. The average Bonchev–Trinajstić information content (AvgIpc) is 3.10. The van der Waals surface area contributed by atoms with Gasteiger partial charge in [-0.3, -0.25) is 9.36 Å². The van der Waals surface area contributed by atoms with E-state index in [9.17, 15) is 14.2 Å². The zero-order valence-corrected chi connectivity index (χ0v) is 22.0. The van der Waals surface area contributed by atoms with Crippen LogP contribution in [0.3, 0.4) is 0 Å². The Morgan fingerprint density at radius 1 is 1.03 bits per heavy atom. The molecule has 2 atom stereocenters. The van der Waals surface area contributed by atoms with Gasteiger partial charge in [0.2, 0.25) is 0 Å². The van der Waals surface area contributed by atoms with Gasteiger partial charge in [-0.1, -0.05) is 60.7 Å².